The van der Waals surface area contributed by atoms with Gasteiger partial charge in [0.2, 0.25) is 5.88 Å². The molecule has 0 aliphatic rings. The fraction of sp³-hybridized carbons (Fsp3) is 0.286. The van der Waals surface area contributed by atoms with Crippen molar-refractivity contribution < 1.29 is 9.57 Å². The quantitative estimate of drug-likeness (QED) is 0.352. The fourth-order valence-electron chi connectivity index (χ4n) is 1.70. The lowest BCUT2D eigenvalue weighted by Crippen LogP contribution is -1.97. The predicted octanol–water partition coefficient (Wildman–Crippen LogP) is 3.27. The minimum absolute atomic E-state index is 0.519. The number of hydrogen-bond donors (Lipinski definition) is 0. The highest BCUT2D eigenvalue weighted by Gasteiger charge is 2.14. The normalized spacial score (nSPS) is 10.9. The minimum atomic E-state index is 0.519. The van der Waals surface area contributed by atoms with E-state index in [1.807, 2.05) is 44.3 Å². The van der Waals surface area contributed by atoms with Gasteiger partial charge < -0.3 is 9.57 Å². The van der Waals surface area contributed by atoms with Crippen LogP contribution in [0, 0.1) is 6.92 Å². The Labute approximate surface area is 126 Å². The van der Waals surface area contributed by atoms with Crippen LogP contribution in [0.4, 0.5) is 0 Å². The van der Waals surface area contributed by atoms with E-state index in [0.29, 0.717) is 12.5 Å². The summed E-state index contributed by atoms with van der Waals surface area (Å²) < 4.78 is 7.55. The van der Waals surface area contributed by atoms with E-state index in [0.717, 1.165) is 22.3 Å². The van der Waals surface area contributed by atoms with Crippen molar-refractivity contribution in [2.75, 3.05) is 11.9 Å². The number of halogens is 1. The summed E-state index contributed by atoms with van der Waals surface area (Å²) in [7, 11) is 1.84. The Hall–Kier alpha value is -1.82. The van der Waals surface area contributed by atoms with Crippen LogP contribution in [0.2, 0.25) is 0 Å². The maximum absolute atomic E-state index is 5.86. The molecule has 2 rings (SSSR count). The minimum Gasteiger partial charge on any atom is -0.439 e. The number of rotatable bonds is 6. The Morgan fingerprint density at radius 3 is 2.80 bits per heavy atom. The van der Waals surface area contributed by atoms with Crippen molar-refractivity contribution in [1.29, 1.82) is 0 Å². The first-order valence-corrected chi connectivity index (χ1v) is 7.32. The first-order valence-electron chi connectivity index (χ1n) is 6.20. The summed E-state index contributed by atoms with van der Waals surface area (Å²) >= 11 is 3.27. The number of aromatic nitrogens is 2. The molecule has 0 N–H and O–H groups in total. The zero-order chi connectivity index (χ0) is 14.4. The molecule has 0 fully saturated rings. The highest BCUT2D eigenvalue weighted by atomic mass is 79.9. The number of para-hydroxylation sites is 1. The molecule has 0 aliphatic heterocycles. The second kappa shape index (κ2) is 7.09. The van der Waals surface area contributed by atoms with Crippen LogP contribution in [0.3, 0.4) is 0 Å². The monoisotopic (exact) mass is 337 g/mol. The molecule has 0 spiro atoms. The molecule has 2 aromatic rings. The van der Waals surface area contributed by atoms with Gasteiger partial charge in [0.25, 0.3) is 0 Å². The summed E-state index contributed by atoms with van der Waals surface area (Å²) in [6.07, 6.45) is 1.63. The molecule has 1 heterocycles. The molecule has 1 aromatic carbocycles. The van der Waals surface area contributed by atoms with Crippen LogP contribution in [-0.4, -0.2) is 27.9 Å². The van der Waals surface area contributed by atoms with Gasteiger partial charge in [-0.1, -0.05) is 39.3 Å². The average Bonchev–Trinajstić information content (AvgIpc) is 2.71. The molecule has 0 bridgehead atoms. The van der Waals surface area contributed by atoms with Crippen molar-refractivity contribution in [1.82, 2.24) is 9.78 Å². The summed E-state index contributed by atoms with van der Waals surface area (Å²) in [5.41, 5.74) is 1.65. The van der Waals surface area contributed by atoms with Gasteiger partial charge in [-0.2, -0.15) is 5.10 Å². The van der Waals surface area contributed by atoms with Gasteiger partial charge in [-0.25, -0.2) is 4.68 Å². The van der Waals surface area contributed by atoms with E-state index in [1.165, 1.54) is 0 Å². The summed E-state index contributed by atoms with van der Waals surface area (Å²) in [6.45, 7) is 2.42. The van der Waals surface area contributed by atoms with Crippen LogP contribution < -0.4 is 4.74 Å². The maximum Gasteiger partial charge on any atom is 0.226 e. The highest BCUT2D eigenvalue weighted by molar-refractivity contribution is 9.09. The van der Waals surface area contributed by atoms with E-state index >= 15 is 0 Å². The molecule has 0 radical (unpaired) electrons. The molecule has 0 unspecified atom stereocenters. The largest absolute Gasteiger partial charge is 0.439 e. The van der Waals surface area contributed by atoms with Crippen molar-refractivity contribution in [2.45, 2.75) is 6.92 Å². The third-order valence-corrected chi connectivity index (χ3v) is 2.92. The number of ether oxygens (including phenoxy) is 1. The summed E-state index contributed by atoms with van der Waals surface area (Å²) in [4.78, 5) is 5.09. The second-order valence-electron chi connectivity index (χ2n) is 4.10. The van der Waals surface area contributed by atoms with Gasteiger partial charge in [-0.15, -0.1) is 0 Å². The third-order valence-electron chi connectivity index (χ3n) is 2.60. The van der Waals surface area contributed by atoms with Crippen LogP contribution in [0.25, 0.3) is 0 Å². The van der Waals surface area contributed by atoms with Crippen molar-refractivity contribution in [3.63, 3.8) is 0 Å². The summed E-state index contributed by atoms with van der Waals surface area (Å²) in [5.74, 6) is 1.39. The van der Waals surface area contributed by atoms with Gasteiger partial charge in [0, 0.05) is 12.4 Å². The summed E-state index contributed by atoms with van der Waals surface area (Å²) in [6, 6.07) is 9.57. The molecule has 0 saturated heterocycles. The van der Waals surface area contributed by atoms with Crippen molar-refractivity contribution in [2.24, 2.45) is 12.2 Å². The summed E-state index contributed by atoms with van der Waals surface area (Å²) in [5, 5.41) is 9.00. The molecular formula is C14H16BrN3O2. The van der Waals surface area contributed by atoms with E-state index in [9.17, 15) is 0 Å². The lowest BCUT2D eigenvalue weighted by Gasteiger charge is -2.06. The van der Waals surface area contributed by atoms with Crippen LogP contribution >= 0.6 is 15.9 Å². The predicted molar refractivity (Wildman–Crippen MR) is 81.8 cm³/mol. The van der Waals surface area contributed by atoms with Crippen LogP contribution in [-0.2, 0) is 11.9 Å². The highest BCUT2D eigenvalue weighted by Crippen LogP contribution is 2.25. The Balaban J connectivity index is 2.21. The fourth-order valence-corrected chi connectivity index (χ4v) is 1.85. The molecule has 0 saturated carbocycles. The number of benzene rings is 1. The van der Waals surface area contributed by atoms with E-state index < -0.39 is 0 Å². The third kappa shape index (κ3) is 3.60. The molecule has 1 aromatic heterocycles. The number of alkyl halides is 1. The Kier molecular flexibility index (Phi) is 5.17. The van der Waals surface area contributed by atoms with Crippen LogP contribution in [0.1, 0.15) is 11.3 Å². The number of aryl methyl sites for hydroxylation is 2. The molecule has 5 nitrogen and oxygen atoms in total. The van der Waals surface area contributed by atoms with Crippen molar-refractivity contribution >= 4 is 22.1 Å². The van der Waals surface area contributed by atoms with Gasteiger partial charge in [0.1, 0.15) is 12.4 Å². The van der Waals surface area contributed by atoms with E-state index in [2.05, 4.69) is 26.2 Å². The molecule has 106 valence electrons. The number of oxime groups is 1. The van der Waals surface area contributed by atoms with Crippen LogP contribution in [0.5, 0.6) is 11.6 Å². The van der Waals surface area contributed by atoms with Crippen molar-refractivity contribution in [3.8, 4) is 11.6 Å². The lowest BCUT2D eigenvalue weighted by molar-refractivity contribution is 0.164. The van der Waals surface area contributed by atoms with E-state index in [1.54, 1.807) is 10.9 Å². The topological polar surface area (TPSA) is 48.6 Å². The Bertz CT molecular complexity index is 582. The van der Waals surface area contributed by atoms with Gasteiger partial charge in [-0.3, -0.25) is 0 Å². The Morgan fingerprint density at radius 2 is 2.10 bits per heavy atom. The molecule has 0 aliphatic carbocycles. The van der Waals surface area contributed by atoms with E-state index in [-0.39, 0.29) is 0 Å². The van der Waals surface area contributed by atoms with Gasteiger partial charge >= 0.3 is 0 Å². The standard InChI is InChI=1S/C14H16BrN3O2/c1-11-13(10-16-19-9-8-15)14(18(2)17-11)20-12-6-4-3-5-7-12/h3-7,10H,8-9H2,1-2H3. The smallest absolute Gasteiger partial charge is 0.226 e. The van der Waals surface area contributed by atoms with Gasteiger partial charge in [-0.05, 0) is 19.1 Å². The second-order valence-corrected chi connectivity index (χ2v) is 4.89. The molecular weight excluding hydrogens is 322 g/mol. The Morgan fingerprint density at radius 1 is 1.35 bits per heavy atom. The van der Waals surface area contributed by atoms with Gasteiger partial charge in [0.05, 0.1) is 17.5 Å². The number of nitrogens with zero attached hydrogens (tertiary/aromatic N) is 3. The van der Waals surface area contributed by atoms with E-state index in [4.69, 9.17) is 9.57 Å². The molecule has 6 heteroatoms. The molecule has 20 heavy (non-hydrogen) atoms. The molecule has 0 amide bonds. The SMILES string of the molecule is Cc1nn(C)c(Oc2ccccc2)c1C=NOCCBr. The first kappa shape index (κ1) is 14.6. The van der Waals surface area contributed by atoms with Gasteiger partial charge in [0.15, 0.2) is 0 Å². The zero-order valence-electron chi connectivity index (χ0n) is 11.4. The lowest BCUT2D eigenvalue weighted by atomic mass is 10.3. The maximum atomic E-state index is 5.86. The first-order chi connectivity index (χ1) is 9.72. The van der Waals surface area contributed by atoms with Crippen LogP contribution in [0.15, 0.2) is 35.5 Å². The number of hydrogen-bond acceptors (Lipinski definition) is 4. The molecule has 0 atom stereocenters. The van der Waals surface area contributed by atoms with Crippen molar-refractivity contribution in [3.05, 3.63) is 41.6 Å². The average molecular weight is 338 g/mol. The zero-order valence-corrected chi connectivity index (χ0v) is 13.0.